The number of rotatable bonds is 5. The van der Waals surface area contributed by atoms with Crippen LogP contribution in [0, 0.1) is 6.92 Å². The number of hydrogen-bond donors (Lipinski definition) is 2. The molecule has 0 spiro atoms. The van der Waals surface area contributed by atoms with E-state index < -0.39 is 5.91 Å². The minimum atomic E-state index is -0.493. The lowest BCUT2D eigenvalue weighted by molar-refractivity contribution is 0.100. The molecule has 0 atom stereocenters. The molecule has 1 heterocycles. The molecule has 29 heavy (non-hydrogen) atoms. The van der Waals surface area contributed by atoms with E-state index in [0.717, 1.165) is 26.8 Å². The van der Waals surface area contributed by atoms with Crippen molar-refractivity contribution in [3.63, 3.8) is 0 Å². The molecule has 4 aromatic rings. The Kier molecular flexibility index (Phi) is 5.14. The monoisotopic (exact) mass is 400 g/mol. The van der Waals surface area contributed by atoms with Gasteiger partial charge in [0.05, 0.1) is 5.56 Å². The van der Waals surface area contributed by atoms with Gasteiger partial charge in [0.1, 0.15) is 10.8 Å². The van der Waals surface area contributed by atoms with Crippen LogP contribution in [0.3, 0.4) is 0 Å². The quantitative estimate of drug-likeness (QED) is 0.443. The fourth-order valence-electron chi connectivity index (χ4n) is 3.42. The van der Waals surface area contributed by atoms with Crippen molar-refractivity contribution in [2.75, 3.05) is 0 Å². The number of phenolic OH excluding ortho intramolecular Hbond substituents is 1. The molecule has 0 unspecified atom stereocenters. The van der Waals surface area contributed by atoms with Crippen molar-refractivity contribution in [3.8, 4) is 5.75 Å². The van der Waals surface area contributed by atoms with Crippen LogP contribution in [0.4, 0.5) is 5.00 Å². The van der Waals surface area contributed by atoms with Crippen LogP contribution in [-0.4, -0.2) is 17.2 Å². The van der Waals surface area contributed by atoms with Gasteiger partial charge in [0.2, 0.25) is 0 Å². The van der Waals surface area contributed by atoms with Gasteiger partial charge in [-0.1, -0.05) is 60.7 Å². The zero-order valence-corrected chi connectivity index (χ0v) is 16.7. The summed E-state index contributed by atoms with van der Waals surface area (Å²) in [6.07, 6.45) is 2.33. The summed E-state index contributed by atoms with van der Waals surface area (Å²) >= 11 is 1.46. The number of carbonyl (C=O) groups excluding carboxylic acids is 1. The Balaban J connectivity index is 1.77. The summed E-state index contributed by atoms with van der Waals surface area (Å²) in [6.45, 7) is 1.91. The Bertz CT molecular complexity index is 1230. The molecule has 144 valence electrons. The number of aliphatic imine (C=N–C) groups is 1. The molecule has 5 heteroatoms. The van der Waals surface area contributed by atoms with Crippen molar-refractivity contribution in [1.29, 1.82) is 0 Å². The largest absolute Gasteiger partial charge is 0.507 e. The fraction of sp³-hybridized carbons (Fsp3) is 0.0833. The van der Waals surface area contributed by atoms with Gasteiger partial charge in [0.25, 0.3) is 5.91 Å². The average molecular weight is 401 g/mol. The van der Waals surface area contributed by atoms with Crippen LogP contribution in [0.15, 0.2) is 71.7 Å². The molecule has 1 amide bonds. The van der Waals surface area contributed by atoms with E-state index in [0.29, 0.717) is 22.5 Å². The zero-order chi connectivity index (χ0) is 20.4. The van der Waals surface area contributed by atoms with Crippen LogP contribution in [0.5, 0.6) is 5.75 Å². The van der Waals surface area contributed by atoms with Gasteiger partial charge in [-0.25, -0.2) is 4.99 Å². The van der Waals surface area contributed by atoms with Gasteiger partial charge in [-0.3, -0.25) is 4.79 Å². The van der Waals surface area contributed by atoms with E-state index in [1.807, 2.05) is 55.5 Å². The van der Waals surface area contributed by atoms with Crippen molar-refractivity contribution >= 4 is 39.2 Å². The first-order valence-corrected chi connectivity index (χ1v) is 10.1. The molecule has 0 bridgehead atoms. The molecule has 0 aliphatic carbocycles. The first-order chi connectivity index (χ1) is 14.0. The number of amides is 1. The van der Waals surface area contributed by atoms with Crippen LogP contribution in [0.25, 0.3) is 10.8 Å². The molecule has 4 rings (SSSR count). The van der Waals surface area contributed by atoms with Crippen molar-refractivity contribution in [2.45, 2.75) is 13.3 Å². The third kappa shape index (κ3) is 3.77. The third-order valence-corrected chi connectivity index (χ3v) is 6.14. The maximum Gasteiger partial charge on any atom is 0.252 e. The number of primary amides is 1. The molecule has 0 saturated carbocycles. The summed E-state index contributed by atoms with van der Waals surface area (Å²) in [4.78, 5) is 17.7. The van der Waals surface area contributed by atoms with E-state index in [1.54, 1.807) is 12.3 Å². The number of phenols is 1. The van der Waals surface area contributed by atoms with Gasteiger partial charge in [-0.05, 0) is 34.9 Å². The van der Waals surface area contributed by atoms with Gasteiger partial charge in [-0.2, -0.15) is 0 Å². The lowest BCUT2D eigenvalue weighted by Gasteiger charge is -2.04. The minimum Gasteiger partial charge on any atom is -0.507 e. The second-order valence-electron chi connectivity index (χ2n) is 6.83. The molecule has 1 aromatic heterocycles. The number of carbonyl (C=O) groups is 1. The van der Waals surface area contributed by atoms with Crippen LogP contribution in [0.2, 0.25) is 0 Å². The van der Waals surface area contributed by atoms with Crippen LogP contribution in [-0.2, 0) is 6.42 Å². The maximum absolute atomic E-state index is 12.1. The number of thiophene rings is 1. The fourth-order valence-corrected chi connectivity index (χ4v) is 4.61. The highest BCUT2D eigenvalue weighted by Crippen LogP contribution is 2.37. The summed E-state index contributed by atoms with van der Waals surface area (Å²) < 4.78 is 0. The van der Waals surface area contributed by atoms with Crippen LogP contribution < -0.4 is 5.73 Å². The first kappa shape index (κ1) is 18.9. The van der Waals surface area contributed by atoms with Gasteiger partial charge < -0.3 is 10.8 Å². The Labute approximate surface area is 173 Å². The lowest BCUT2D eigenvalue weighted by atomic mass is 10.0. The second kappa shape index (κ2) is 7.89. The minimum absolute atomic E-state index is 0.144. The van der Waals surface area contributed by atoms with Gasteiger partial charge in [0.15, 0.2) is 0 Å². The summed E-state index contributed by atoms with van der Waals surface area (Å²) in [5, 5.41) is 12.8. The Hall–Kier alpha value is -3.44. The van der Waals surface area contributed by atoms with Crippen molar-refractivity contribution in [1.82, 2.24) is 0 Å². The molecule has 0 aliphatic heterocycles. The summed E-state index contributed by atoms with van der Waals surface area (Å²) in [6, 6.07) is 21.4. The number of nitrogens with two attached hydrogens (primary N) is 1. The molecule has 0 saturated heterocycles. The number of fused-ring (bicyclic) bond motifs is 1. The zero-order valence-electron chi connectivity index (χ0n) is 15.9. The summed E-state index contributed by atoms with van der Waals surface area (Å²) in [5.74, 6) is -0.349. The predicted octanol–water partition coefficient (Wildman–Crippen LogP) is 5.36. The number of benzene rings is 3. The predicted molar refractivity (Wildman–Crippen MR) is 120 cm³/mol. The Morgan fingerprint density at radius 3 is 2.55 bits per heavy atom. The average Bonchev–Trinajstić information content (AvgIpc) is 3.03. The molecule has 3 aromatic carbocycles. The van der Waals surface area contributed by atoms with Crippen molar-refractivity contribution in [3.05, 3.63) is 93.9 Å². The highest BCUT2D eigenvalue weighted by Gasteiger charge is 2.19. The van der Waals surface area contributed by atoms with E-state index in [9.17, 15) is 9.90 Å². The van der Waals surface area contributed by atoms with Crippen molar-refractivity contribution < 1.29 is 9.90 Å². The van der Waals surface area contributed by atoms with Gasteiger partial charge >= 0.3 is 0 Å². The third-order valence-electron chi connectivity index (χ3n) is 4.94. The molecule has 0 fully saturated rings. The number of nitrogens with zero attached hydrogens (tertiary/aromatic N) is 1. The number of hydrogen-bond acceptors (Lipinski definition) is 4. The molecular weight excluding hydrogens is 380 g/mol. The second-order valence-corrected chi connectivity index (χ2v) is 7.92. The topological polar surface area (TPSA) is 75.7 Å². The highest BCUT2D eigenvalue weighted by molar-refractivity contribution is 7.16. The molecule has 0 radical (unpaired) electrons. The summed E-state index contributed by atoms with van der Waals surface area (Å²) in [5.41, 5.74) is 8.74. The van der Waals surface area contributed by atoms with E-state index in [2.05, 4.69) is 17.1 Å². The van der Waals surface area contributed by atoms with Gasteiger partial charge in [0, 0.05) is 23.1 Å². The molecule has 4 nitrogen and oxygen atoms in total. The van der Waals surface area contributed by atoms with Crippen molar-refractivity contribution in [2.24, 2.45) is 10.7 Å². The molecular formula is C24H20N2O2S. The first-order valence-electron chi connectivity index (χ1n) is 9.25. The molecule has 3 N–H and O–H groups in total. The van der Waals surface area contributed by atoms with E-state index in [1.165, 1.54) is 11.3 Å². The lowest BCUT2D eigenvalue weighted by Crippen LogP contribution is -2.11. The van der Waals surface area contributed by atoms with E-state index in [4.69, 9.17) is 5.73 Å². The van der Waals surface area contributed by atoms with Gasteiger partial charge in [-0.15, -0.1) is 11.3 Å². The summed E-state index contributed by atoms with van der Waals surface area (Å²) in [7, 11) is 0. The SMILES string of the molecule is Cc1c(Cc2ccccc2)sc(/N=C/c2c(O)ccc3ccccc23)c1C(N)=O. The normalized spacial score (nSPS) is 11.3. The highest BCUT2D eigenvalue weighted by atomic mass is 32.1. The number of aromatic hydroxyl groups is 1. The Morgan fingerprint density at radius 2 is 1.79 bits per heavy atom. The standard InChI is InChI=1S/C24H20N2O2S/c1-15-21(13-16-7-3-2-4-8-16)29-24(22(15)23(25)28)26-14-19-18-10-6-5-9-17(18)11-12-20(19)27/h2-12,14,27H,13H2,1H3,(H2,25,28)/b26-14+. The van der Waals surface area contributed by atoms with Crippen LogP contribution >= 0.6 is 11.3 Å². The smallest absolute Gasteiger partial charge is 0.252 e. The van der Waals surface area contributed by atoms with E-state index in [-0.39, 0.29) is 5.75 Å². The van der Waals surface area contributed by atoms with E-state index >= 15 is 0 Å². The van der Waals surface area contributed by atoms with Crippen LogP contribution in [0.1, 0.15) is 31.9 Å². The maximum atomic E-state index is 12.1. The molecule has 0 aliphatic rings. The Morgan fingerprint density at radius 1 is 1.07 bits per heavy atom.